The lowest BCUT2D eigenvalue weighted by molar-refractivity contribution is -0.138. The van der Waals surface area contributed by atoms with E-state index in [2.05, 4.69) is 0 Å². The molecule has 3 nitrogen and oxygen atoms in total. The predicted molar refractivity (Wildman–Crippen MR) is 44.3 cm³/mol. The first kappa shape index (κ1) is 10.2. The largest absolute Gasteiger partial charge is 0.461 e. The monoisotopic (exact) mass is 157 g/mol. The standard InChI is InChI=1S/C8H15NO2/c1-4-5-8(10)11-7-6-9(2)3/h4-5H,6-7H2,1-3H3/b5-4+. The van der Waals surface area contributed by atoms with Crippen molar-refractivity contribution >= 4 is 5.97 Å². The number of rotatable bonds is 4. The van der Waals surface area contributed by atoms with Gasteiger partial charge in [-0.25, -0.2) is 4.79 Å². The minimum Gasteiger partial charge on any atom is -0.461 e. The van der Waals surface area contributed by atoms with E-state index < -0.39 is 0 Å². The Kier molecular flexibility index (Phi) is 5.47. The van der Waals surface area contributed by atoms with Crippen LogP contribution in [0, 0.1) is 0 Å². The molecule has 0 aliphatic heterocycles. The molecular formula is C8H15NO2. The van der Waals surface area contributed by atoms with Crippen molar-refractivity contribution in [1.29, 1.82) is 0 Å². The van der Waals surface area contributed by atoms with Crippen LogP contribution in [0.5, 0.6) is 0 Å². The van der Waals surface area contributed by atoms with Crippen LogP contribution < -0.4 is 0 Å². The molecule has 0 saturated carbocycles. The van der Waals surface area contributed by atoms with Gasteiger partial charge in [0, 0.05) is 12.6 Å². The maximum Gasteiger partial charge on any atom is 0.330 e. The highest BCUT2D eigenvalue weighted by Gasteiger charge is 1.95. The molecule has 0 radical (unpaired) electrons. The summed E-state index contributed by atoms with van der Waals surface area (Å²) in [6, 6.07) is 0. The topological polar surface area (TPSA) is 29.5 Å². The lowest BCUT2D eigenvalue weighted by Gasteiger charge is -2.08. The van der Waals surface area contributed by atoms with Crippen molar-refractivity contribution < 1.29 is 9.53 Å². The second kappa shape index (κ2) is 5.92. The molecule has 0 aliphatic carbocycles. The van der Waals surface area contributed by atoms with Crippen molar-refractivity contribution in [3.63, 3.8) is 0 Å². The van der Waals surface area contributed by atoms with Crippen molar-refractivity contribution in [2.75, 3.05) is 27.2 Å². The Balaban J connectivity index is 3.32. The maximum absolute atomic E-state index is 10.7. The lowest BCUT2D eigenvalue weighted by atomic mass is 10.5. The van der Waals surface area contributed by atoms with Crippen LogP contribution in [0.4, 0.5) is 0 Å². The minimum atomic E-state index is -0.269. The normalized spacial score (nSPS) is 10.9. The van der Waals surface area contributed by atoms with Gasteiger partial charge in [-0.2, -0.15) is 0 Å². The van der Waals surface area contributed by atoms with Crippen LogP contribution in [-0.2, 0) is 9.53 Å². The van der Waals surface area contributed by atoms with Crippen LogP contribution in [0.3, 0.4) is 0 Å². The maximum atomic E-state index is 10.7. The molecule has 3 heteroatoms. The minimum absolute atomic E-state index is 0.269. The van der Waals surface area contributed by atoms with Crippen molar-refractivity contribution in [2.45, 2.75) is 6.92 Å². The van der Waals surface area contributed by atoms with E-state index in [0.29, 0.717) is 6.61 Å². The predicted octanol–water partition coefficient (Wildman–Crippen LogP) is 0.667. The van der Waals surface area contributed by atoms with E-state index in [4.69, 9.17) is 4.74 Å². The van der Waals surface area contributed by atoms with Gasteiger partial charge in [-0.15, -0.1) is 0 Å². The number of carbonyl (C=O) groups is 1. The Labute approximate surface area is 67.6 Å². The summed E-state index contributed by atoms with van der Waals surface area (Å²) in [4.78, 5) is 12.7. The van der Waals surface area contributed by atoms with E-state index in [9.17, 15) is 4.79 Å². The van der Waals surface area contributed by atoms with Crippen LogP contribution in [0.25, 0.3) is 0 Å². The lowest BCUT2D eigenvalue weighted by Crippen LogP contribution is -2.19. The Bertz CT molecular complexity index is 141. The van der Waals surface area contributed by atoms with Gasteiger partial charge in [-0.1, -0.05) is 6.08 Å². The van der Waals surface area contributed by atoms with E-state index in [1.807, 2.05) is 19.0 Å². The van der Waals surface area contributed by atoms with Crippen LogP contribution in [0.1, 0.15) is 6.92 Å². The Morgan fingerprint density at radius 3 is 2.64 bits per heavy atom. The number of hydrogen-bond acceptors (Lipinski definition) is 3. The first-order valence-corrected chi connectivity index (χ1v) is 3.61. The molecule has 0 bridgehead atoms. The number of carbonyl (C=O) groups excluding carboxylic acids is 1. The van der Waals surface area contributed by atoms with Gasteiger partial charge in [-0.3, -0.25) is 0 Å². The van der Waals surface area contributed by atoms with Gasteiger partial charge in [0.1, 0.15) is 6.61 Å². The second-order valence-corrected chi connectivity index (χ2v) is 2.47. The molecule has 0 aromatic rings. The van der Waals surface area contributed by atoms with Crippen LogP contribution in [-0.4, -0.2) is 38.1 Å². The molecule has 0 aliphatic rings. The van der Waals surface area contributed by atoms with Crippen LogP contribution >= 0.6 is 0 Å². The summed E-state index contributed by atoms with van der Waals surface area (Å²) in [5, 5.41) is 0. The summed E-state index contributed by atoms with van der Waals surface area (Å²) in [7, 11) is 3.87. The zero-order chi connectivity index (χ0) is 8.69. The molecule has 0 aromatic carbocycles. The summed E-state index contributed by atoms with van der Waals surface area (Å²) in [6.07, 6.45) is 3.08. The van der Waals surface area contributed by atoms with Gasteiger partial charge in [0.15, 0.2) is 0 Å². The van der Waals surface area contributed by atoms with Gasteiger partial charge in [0.2, 0.25) is 0 Å². The molecule has 0 atom stereocenters. The summed E-state index contributed by atoms with van der Waals surface area (Å²) < 4.78 is 4.83. The van der Waals surface area contributed by atoms with Crippen molar-refractivity contribution in [3.05, 3.63) is 12.2 Å². The second-order valence-electron chi connectivity index (χ2n) is 2.47. The molecule has 0 N–H and O–H groups in total. The molecule has 11 heavy (non-hydrogen) atoms. The number of ether oxygens (including phenoxy) is 1. The SMILES string of the molecule is C/C=C/C(=O)OCCN(C)C. The van der Waals surface area contributed by atoms with Gasteiger partial charge in [0.25, 0.3) is 0 Å². The number of likely N-dealkylation sites (N-methyl/N-ethyl adjacent to an activating group) is 1. The van der Waals surface area contributed by atoms with Crippen molar-refractivity contribution in [2.24, 2.45) is 0 Å². The van der Waals surface area contributed by atoms with E-state index in [0.717, 1.165) is 6.54 Å². The van der Waals surface area contributed by atoms with Gasteiger partial charge in [-0.05, 0) is 21.0 Å². The van der Waals surface area contributed by atoms with E-state index >= 15 is 0 Å². The molecule has 0 saturated heterocycles. The first-order chi connectivity index (χ1) is 5.16. The number of esters is 1. The molecule has 64 valence electrons. The number of allylic oxidation sites excluding steroid dienone is 1. The summed E-state index contributed by atoms with van der Waals surface area (Å²) in [5.74, 6) is -0.269. The summed E-state index contributed by atoms with van der Waals surface area (Å²) >= 11 is 0. The highest BCUT2D eigenvalue weighted by Crippen LogP contribution is 1.82. The average Bonchev–Trinajstić information content (AvgIpc) is 1.87. The summed E-state index contributed by atoms with van der Waals surface area (Å²) in [5.41, 5.74) is 0. The summed E-state index contributed by atoms with van der Waals surface area (Å²) in [6.45, 7) is 3.01. The third-order valence-corrected chi connectivity index (χ3v) is 1.09. The molecular weight excluding hydrogens is 142 g/mol. The molecule has 0 fully saturated rings. The fourth-order valence-corrected chi connectivity index (χ4v) is 0.513. The quantitative estimate of drug-likeness (QED) is 0.443. The fourth-order valence-electron chi connectivity index (χ4n) is 0.513. The van der Waals surface area contributed by atoms with Crippen molar-refractivity contribution in [1.82, 2.24) is 4.90 Å². The third-order valence-electron chi connectivity index (χ3n) is 1.09. The van der Waals surface area contributed by atoms with Gasteiger partial charge in [0.05, 0.1) is 0 Å². The number of hydrogen-bond donors (Lipinski definition) is 0. The van der Waals surface area contributed by atoms with Crippen LogP contribution in [0.2, 0.25) is 0 Å². The first-order valence-electron chi connectivity index (χ1n) is 3.61. The van der Waals surface area contributed by atoms with Gasteiger partial charge >= 0.3 is 5.97 Å². The third kappa shape index (κ3) is 7.06. The molecule has 0 unspecified atom stereocenters. The fraction of sp³-hybridized carbons (Fsp3) is 0.625. The van der Waals surface area contributed by atoms with E-state index in [1.165, 1.54) is 6.08 Å². The molecule has 0 amide bonds. The molecule has 0 heterocycles. The highest BCUT2D eigenvalue weighted by atomic mass is 16.5. The molecule has 0 rings (SSSR count). The smallest absolute Gasteiger partial charge is 0.330 e. The van der Waals surface area contributed by atoms with E-state index in [-0.39, 0.29) is 5.97 Å². The zero-order valence-corrected chi connectivity index (χ0v) is 7.33. The molecule has 0 aromatic heterocycles. The van der Waals surface area contributed by atoms with Gasteiger partial charge < -0.3 is 9.64 Å². The number of nitrogens with zero attached hydrogens (tertiary/aromatic N) is 1. The van der Waals surface area contributed by atoms with Crippen molar-refractivity contribution in [3.8, 4) is 0 Å². The average molecular weight is 157 g/mol. The highest BCUT2D eigenvalue weighted by molar-refractivity contribution is 5.81. The molecule has 0 spiro atoms. The Hall–Kier alpha value is -0.830. The van der Waals surface area contributed by atoms with E-state index in [1.54, 1.807) is 13.0 Å². The zero-order valence-electron chi connectivity index (χ0n) is 7.33. The Morgan fingerprint density at radius 2 is 2.18 bits per heavy atom. The van der Waals surface area contributed by atoms with Crippen LogP contribution in [0.15, 0.2) is 12.2 Å². The Morgan fingerprint density at radius 1 is 1.55 bits per heavy atom.